The summed E-state index contributed by atoms with van der Waals surface area (Å²) < 4.78 is 0. The van der Waals surface area contributed by atoms with Crippen LogP contribution in [-0.4, -0.2) is 23.9 Å². The molecule has 1 saturated heterocycles. The molecule has 2 atom stereocenters. The molecule has 1 aliphatic heterocycles. The Labute approximate surface area is 125 Å². The highest BCUT2D eigenvalue weighted by Crippen LogP contribution is 2.46. The molecule has 1 aliphatic carbocycles. The molecule has 0 spiro atoms. The Morgan fingerprint density at radius 2 is 1.86 bits per heavy atom. The third-order valence-corrected chi connectivity index (χ3v) is 4.83. The topological polar surface area (TPSA) is 20.3 Å². The van der Waals surface area contributed by atoms with Gasteiger partial charge in [-0.2, -0.15) is 0 Å². The van der Waals surface area contributed by atoms with Crippen molar-refractivity contribution in [2.75, 3.05) is 13.1 Å². The molecule has 1 fully saturated rings. The van der Waals surface area contributed by atoms with Gasteiger partial charge in [-0.1, -0.05) is 55.5 Å². The van der Waals surface area contributed by atoms with E-state index in [2.05, 4.69) is 42.5 Å². The number of benzene rings is 2. The molecule has 0 N–H and O–H groups in total. The van der Waals surface area contributed by atoms with Crippen LogP contribution in [-0.2, 0) is 4.79 Å². The monoisotopic (exact) mass is 277 g/mol. The SMILES string of the molecule is C[C@H]1CCN(C[C@H]2c3ccc(-c4ccccc4)cc32)C1=O. The van der Waals surface area contributed by atoms with E-state index < -0.39 is 0 Å². The van der Waals surface area contributed by atoms with Crippen molar-refractivity contribution in [3.8, 4) is 11.1 Å². The molecular formula is C19H19NO. The fourth-order valence-electron chi connectivity index (χ4n) is 3.40. The first kappa shape index (κ1) is 12.6. The molecule has 2 aliphatic rings. The first-order valence-electron chi connectivity index (χ1n) is 7.72. The minimum Gasteiger partial charge on any atom is -0.341 e. The average molecular weight is 277 g/mol. The maximum atomic E-state index is 12.0. The van der Waals surface area contributed by atoms with Crippen LogP contribution in [0.15, 0.2) is 48.5 Å². The van der Waals surface area contributed by atoms with Gasteiger partial charge in [-0.05, 0) is 28.7 Å². The molecule has 0 bridgehead atoms. The summed E-state index contributed by atoms with van der Waals surface area (Å²) in [5.74, 6) is 1.01. The first-order chi connectivity index (χ1) is 10.2. The standard InChI is InChI=1S/C19H19NO/c1-13-9-10-20(19(13)21)12-18-16-8-7-15(11-17(16)18)14-5-3-2-4-6-14/h2-8,11,13,18H,9-10,12H2,1H3/t13-,18-/m0/s1. The van der Waals surface area contributed by atoms with Crippen LogP contribution in [0.5, 0.6) is 0 Å². The quantitative estimate of drug-likeness (QED) is 0.838. The van der Waals surface area contributed by atoms with Gasteiger partial charge in [-0.25, -0.2) is 0 Å². The summed E-state index contributed by atoms with van der Waals surface area (Å²) in [5.41, 5.74) is 5.38. The van der Waals surface area contributed by atoms with Gasteiger partial charge in [0.25, 0.3) is 0 Å². The number of amides is 1. The Morgan fingerprint density at radius 3 is 2.57 bits per heavy atom. The summed E-state index contributed by atoms with van der Waals surface area (Å²) in [6, 6.07) is 17.2. The number of nitrogens with zero attached hydrogens (tertiary/aromatic N) is 1. The van der Waals surface area contributed by atoms with Crippen LogP contribution < -0.4 is 0 Å². The van der Waals surface area contributed by atoms with Crippen molar-refractivity contribution in [1.82, 2.24) is 4.90 Å². The molecule has 1 heterocycles. The summed E-state index contributed by atoms with van der Waals surface area (Å²) >= 11 is 0. The lowest BCUT2D eigenvalue weighted by Crippen LogP contribution is -2.28. The second-order valence-corrected chi connectivity index (χ2v) is 6.24. The Hall–Kier alpha value is -2.09. The van der Waals surface area contributed by atoms with Crippen molar-refractivity contribution in [2.45, 2.75) is 19.3 Å². The number of hydrogen-bond acceptors (Lipinski definition) is 1. The van der Waals surface area contributed by atoms with Crippen molar-refractivity contribution in [1.29, 1.82) is 0 Å². The number of fused-ring (bicyclic) bond motifs is 1. The van der Waals surface area contributed by atoms with Gasteiger partial charge in [0.15, 0.2) is 0 Å². The number of likely N-dealkylation sites (tertiary alicyclic amines) is 1. The van der Waals surface area contributed by atoms with Gasteiger partial charge >= 0.3 is 0 Å². The van der Waals surface area contributed by atoms with E-state index in [1.807, 2.05) is 17.9 Å². The summed E-state index contributed by atoms with van der Waals surface area (Å²) in [7, 11) is 0. The summed E-state index contributed by atoms with van der Waals surface area (Å²) in [6.45, 7) is 3.84. The lowest BCUT2D eigenvalue weighted by atomic mass is 10.1. The van der Waals surface area contributed by atoms with Gasteiger partial charge in [-0.3, -0.25) is 4.79 Å². The molecule has 4 rings (SSSR count). The molecule has 2 heteroatoms. The predicted octanol–water partition coefficient (Wildman–Crippen LogP) is 3.67. The van der Waals surface area contributed by atoms with Crippen LogP contribution in [0.3, 0.4) is 0 Å². The molecule has 1 amide bonds. The fraction of sp³-hybridized carbons (Fsp3) is 0.316. The Balaban J connectivity index is 1.51. The van der Waals surface area contributed by atoms with E-state index in [9.17, 15) is 4.79 Å². The van der Waals surface area contributed by atoms with Gasteiger partial charge in [0, 0.05) is 24.9 Å². The third kappa shape index (κ3) is 2.15. The molecule has 0 aromatic heterocycles. The number of rotatable bonds is 3. The van der Waals surface area contributed by atoms with Crippen molar-refractivity contribution in [2.24, 2.45) is 5.92 Å². The van der Waals surface area contributed by atoms with E-state index in [4.69, 9.17) is 0 Å². The molecule has 0 unspecified atom stereocenters. The zero-order valence-electron chi connectivity index (χ0n) is 12.3. The van der Waals surface area contributed by atoms with E-state index in [0.29, 0.717) is 11.8 Å². The normalized spacial score (nSPS) is 23.3. The number of hydrogen-bond donors (Lipinski definition) is 0. The van der Waals surface area contributed by atoms with Crippen LogP contribution >= 0.6 is 0 Å². The largest absolute Gasteiger partial charge is 0.341 e. The molecule has 106 valence electrons. The molecule has 21 heavy (non-hydrogen) atoms. The van der Waals surface area contributed by atoms with Crippen molar-refractivity contribution in [3.63, 3.8) is 0 Å². The summed E-state index contributed by atoms with van der Waals surface area (Å²) in [5, 5.41) is 0. The molecule has 0 radical (unpaired) electrons. The van der Waals surface area contributed by atoms with Crippen LogP contribution in [0.2, 0.25) is 0 Å². The Morgan fingerprint density at radius 1 is 1.05 bits per heavy atom. The summed E-state index contributed by atoms with van der Waals surface area (Å²) in [4.78, 5) is 14.1. The van der Waals surface area contributed by atoms with E-state index in [-0.39, 0.29) is 5.92 Å². The predicted molar refractivity (Wildman–Crippen MR) is 84.1 cm³/mol. The molecule has 2 aromatic rings. The number of carbonyl (C=O) groups is 1. The van der Waals surface area contributed by atoms with Crippen LogP contribution in [0, 0.1) is 5.92 Å². The van der Waals surface area contributed by atoms with Crippen molar-refractivity contribution in [3.05, 3.63) is 59.7 Å². The average Bonchev–Trinajstić information content (AvgIpc) is 3.13. The van der Waals surface area contributed by atoms with Gasteiger partial charge in [-0.15, -0.1) is 0 Å². The summed E-state index contributed by atoms with van der Waals surface area (Å²) in [6.07, 6.45) is 1.01. The van der Waals surface area contributed by atoms with Crippen LogP contribution in [0.1, 0.15) is 30.4 Å². The van der Waals surface area contributed by atoms with Crippen LogP contribution in [0.4, 0.5) is 0 Å². The smallest absolute Gasteiger partial charge is 0.225 e. The highest BCUT2D eigenvalue weighted by Gasteiger charge is 2.37. The van der Waals surface area contributed by atoms with Gasteiger partial charge < -0.3 is 4.90 Å². The minimum atomic E-state index is 0.215. The highest BCUT2D eigenvalue weighted by atomic mass is 16.2. The maximum Gasteiger partial charge on any atom is 0.225 e. The second kappa shape index (κ2) is 4.73. The Bertz CT molecular complexity index is 692. The zero-order chi connectivity index (χ0) is 14.4. The zero-order valence-corrected chi connectivity index (χ0v) is 12.3. The fourth-order valence-corrected chi connectivity index (χ4v) is 3.40. The molecule has 0 saturated carbocycles. The van der Waals surface area contributed by atoms with E-state index in [0.717, 1.165) is 19.5 Å². The van der Waals surface area contributed by atoms with Crippen molar-refractivity contribution >= 4 is 5.91 Å². The van der Waals surface area contributed by atoms with E-state index in [1.54, 1.807) is 0 Å². The van der Waals surface area contributed by atoms with E-state index in [1.165, 1.54) is 22.3 Å². The lowest BCUT2D eigenvalue weighted by Gasteiger charge is -2.15. The number of carbonyl (C=O) groups excluding carboxylic acids is 1. The highest BCUT2D eigenvalue weighted by molar-refractivity contribution is 5.81. The molecule has 2 aromatic carbocycles. The second-order valence-electron chi connectivity index (χ2n) is 6.24. The van der Waals surface area contributed by atoms with Gasteiger partial charge in [0.1, 0.15) is 0 Å². The van der Waals surface area contributed by atoms with Crippen LogP contribution in [0.25, 0.3) is 11.1 Å². The third-order valence-electron chi connectivity index (χ3n) is 4.83. The molecule has 2 nitrogen and oxygen atoms in total. The lowest BCUT2D eigenvalue weighted by molar-refractivity contribution is -0.130. The molecular weight excluding hydrogens is 258 g/mol. The van der Waals surface area contributed by atoms with Crippen molar-refractivity contribution < 1.29 is 4.79 Å². The maximum absolute atomic E-state index is 12.0. The minimum absolute atomic E-state index is 0.215. The Kier molecular flexibility index (Phi) is 2.85. The first-order valence-corrected chi connectivity index (χ1v) is 7.72. The van der Waals surface area contributed by atoms with E-state index >= 15 is 0 Å². The van der Waals surface area contributed by atoms with Gasteiger partial charge in [0.2, 0.25) is 5.91 Å². The van der Waals surface area contributed by atoms with Gasteiger partial charge in [0.05, 0.1) is 0 Å².